The highest BCUT2D eigenvalue weighted by Crippen LogP contribution is 2.42. The first-order valence-electron chi connectivity index (χ1n) is 6.51. The van der Waals surface area contributed by atoms with Crippen molar-refractivity contribution >= 4 is 45.1 Å². The average molecular weight is 372 g/mol. The molecule has 0 fully saturated rings. The van der Waals surface area contributed by atoms with Gasteiger partial charge in [-0.15, -0.1) is 11.3 Å². The summed E-state index contributed by atoms with van der Waals surface area (Å²) in [6.45, 7) is 1.72. The van der Waals surface area contributed by atoms with Crippen molar-refractivity contribution in [2.75, 3.05) is 11.8 Å². The van der Waals surface area contributed by atoms with Crippen LogP contribution in [0.5, 0.6) is 0 Å². The minimum absolute atomic E-state index is 0.618. The first-order chi connectivity index (χ1) is 9.54. The van der Waals surface area contributed by atoms with E-state index in [0.717, 1.165) is 23.0 Å². The van der Waals surface area contributed by atoms with Gasteiger partial charge in [-0.3, -0.25) is 4.57 Å². The first kappa shape index (κ1) is 14.2. The molecule has 20 heavy (non-hydrogen) atoms. The minimum Gasteiger partial charge on any atom is -0.316 e. The first-order valence-corrected chi connectivity index (χ1v) is 10.3. The van der Waals surface area contributed by atoms with Gasteiger partial charge in [-0.2, -0.15) is 0 Å². The van der Waals surface area contributed by atoms with Crippen molar-refractivity contribution in [3.05, 3.63) is 33.4 Å². The normalized spacial score (nSPS) is 17.3. The second kappa shape index (κ2) is 5.58. The van der Waals surface area contributed by atoms with Gasteiger partial charge in [-0.25, -0.2) is 9.97 Å². The Morgan fingerprint density at radius 3 is 2.85 bits per heavy atom. The zero-order valence-corrected chi connectivity index (χ0v) is 14.4. The van der Waals surface area contributed by atoms with Crippen LogP contribution in [0.3, 0.4) is 0 Å². The number of anilines is 1. The molecule has 0 aliphatic heterocycles. The zero-order chi connectivity index (χ0) is 14.2. The van der Waals surface area contributed by atoms with Gasteiger partial charge in [0.2, 0.25) is 7.29 Å². The number of hydrogen-bond donors (Lipinski definition) is 1. The molecule has 1 aliphatic carbocycles. The Bertz CT molecular complexity index is 647. The molecule has 0 aromatic carbocycles. The van der Waals surface area contributed by atoms with Crippen LogP contribution in [0.4, 0.5) is 5.82 Å². The fraction of sp³-hybridized carbons (Fsp3) is 0.385. The van der Waals surface area contributed by atoms with Gasteiger partial charge in [0.1, 0.15) is 5.82 Å². The zero-order valence-electron chi connectivity index (χ0n) is 11.1. The molecule has 3 rings (SSSR count). The predicted molar refractivity (Wildman–Crippen MR) is 87.5 cm³/mol. The topological polar surface area (TPSA) is 54.9 Å². The Labute approximate surface area is 130 Å². The molecule has 0 saturated carbocycles. The Kier molecular flexibility index (Phi) is 3.98. The second-order valence-corrected chi connectivity index (χ2v) is 9.77. The van der Waals surface area contributed by atoms with Crippen LogP contribution in [-0.2, 0) is 17.4 Å². The van der Waals surface area contributed by atoms with Crippen LogP contribution in [0, 0.1) is 0 Å². The van der Waals surface area contributed by atoms with Crippen molar-refractivity contribution in [2.24, 2.45) is 0 Å². The Hall–Kier alpha value is -0.710. The SMILES string of the molecule is C[P@](=O)(Nc1ccc(Br)cn1)c1nc2c(s1)CCCC2. The summed E-state index contributed by atoms with van der Waals surface area (Å²) in [6, 6.07) is 3.69. The third-order valence-electron chi connectivity index (χ3n) is 3.25. The number of thiazole rings is 1. The third-order valence-corrected chi connectivity index (χ3v) is 7.49. The van der Waals surface area contributed by atoms with E-state index in [1.165, 1.54) is 17.7 Å². The summed E-state index contributed by atoms with van der Waals surface area (Å²) in [4.78, 5) is 10.1. The van der Waals surface area contributed by atoms with Gasteiger partial charge in [0.25, 0.3) is 0 Å². The van der Waals surface area contributed by atoms with Crippen molar-refractivity contribution in [3.63, 3.8) is 0 Å². The molecule has 1 atom stereocenters. The van der Waals surface area contributed by atoms with E-state index in [9.17, 15) is 4.57 Å². The maximum atomic E-state index is 12.9. The maximum absolute atomic E-state index is 12.9. The lowest BCUT2D eigenvalue weighted by Gasteiger charge is -2.12. The van der Waals surface area contributed by atoms with Gasteiger partial charge in [0.05, 0.1) is 5.69 Å². The van der Waals surface area contributed by atoms with Gasteiger partial charge in [0, 0.05) is 22.2 Å². The fourth-order valence-electron chi connectivity index (χ4n) is 2.23. The lowest BCUT2D eigenvalue weighted by molar-refractivity contribution is 0.587. The number of aromatic nitrogens is 2. The highest BCUT2D eigenvalue weighted by molar-refractivity contribution is 9.10. The standard InChI is InChI=1S/C13H15BrN3OPS/c1-19(18,17-12-7-6-9(14)8-15-12)13-16-10-4-2-3-5-11(10)20-13/h6-8H,2-5H2,1H3,(H,15,17,18)/t19-/m1/s1. The van der Waals surface area contributed by atoms with E-state index in [1.54, 1.807) is 24.2 Å². The molecule has 0 saturated heterocycles. The smallest absolute Gasteiger partial charge is 0.224 e. The number of hydrogen-bond acceptors (Lipinski definition) is 4. The number of halogens is 1. The van der Waals surface area contributed by atoms with Crippen LogP contribution in [0.1, 0.15) is 23.4 Å². The molecule has 106 valence electrons. The lowest BCUT2D eigenvalue weighted by Crippen LogP contribution is -2.11. The summed E-state index contributed by atoms with van der Waals surface area (Å²) in [5, 5.41) is 3.04. The fourth-order valence-corrected chi connectivity index (χ4v) is 5.49. The van der Waals surface area contributed by atoms with E-state index in [1.807, 2.05) is 12.1 Å². The monoisotopic (exact) mass is 371 g/mol. The van der Waals surface area contributed by atoms with Crippen molar-refractivity contribution in [1.29, 1.82) is 0 Å². The number of fused-ring (bicyclic) bond motifs is 1. The molecule has 2 aromatic heterocycles. The molecule has 2 aromatic rings. The van der Waals surface area contributed by atoms with E-state index in [4.69, 9.17) is 0 Å². The summed E-state index contributed by atoms with van der Waals surface area (Å²) in [5.74, 6) is 0.618. The molecule has 4 nitrogen and oxygen atoms in total. The molecule has 7 heteroatoms. The van der Waals surface area contributed by atoms with Crippen LogP contribution < -0.4 is 9.84 Å². The highest BCUT2D eigenvalue weighted by atomic mass is 79.9. The summed E-state index contributed by atoms with van der Waals surface area (Å²) in [7, 11) is -2.71. The predicted octanol–water partition coefficient (Wildman–Crippen LogP) is 3.82. The minimum atomic E-state index is -2.71. The van der Waals surface area contributed by atoms with Crippen molar-refractivity contribution < 1.29 is 4.57 Å². The van der Waals surface area contributed by atoms with Gasteiger partial charge in [-0.05, 0) is 53.7 Å². The van der Waals surface area contributed by atoms with Crippen molar-refractivity contribution in [2.45, 2.75) is 25.7 Å². The second-order valence-electron chi connectivity index (χ2n) is 4.97. The quantitative estimate of drug-likeness (QED) is 0.833. The number of aryl methyl sites for hydroxylation is 2. The summed E-state index contributed by atoms with van der Waals surface area (Å²) >= 11 is 4.93. The van der Waals surface area contributed by atoms with Crippen molar-refractivity contribution in [1.82, 2.24) is 9.97 Å². The molecule has 0 spiro atoms. The highest BCUT2D eigenvalue weighted by Gasteiger charge is 2.26. The van der Waals surface area contributed by atoms with Gasteiger partial charge < -0.3 is 5.09 Å². The maximum Gasteiger partial charge on any atom is 0.224 e. The molecular formula is C13H15BrN3OPS. The summed E-state index contributed by atoms with van der Waals surface area (Å²) < 4.78 is 14.5. The number of rotatable bonds is 3. The third kappa shape index (κ3) is 2.97. The van der Waals surface area contributed by atoms with E-state index < -0.39 is 7.29 Å². The van der Waals surface area contributed by atoms with Crippen LogP contribution in [0.2, 0.25) is 0 Å². The average Bonchev–Trinajstić information content (AvgIpc) is 2.86. The van der Waals surface area contributed by atoms with Gasteiger partial charge in [-0.1, -0.05) is 0 Å². The molecule has 0 unspecified atom stereocenters. The molecule has 1 aliphatic rings. The molecule has 0 amide bonds. The number of pyridine rings is 1. The van der Waals surface area contributed by atoms with E-state index in [2.05, 4.69) is 31.0 Å². The molecule has 0 radical (unpaired) electrons. The Morgan fingerprint density at radius 1 is 1.35 bits per heavy atom. The van der Waals surface area contributed by atoms with Crippen LogP contribution in [0.25, 0.3) is 0 Å². The van der Waals surface area contributed by atoms with Crippen LogP contribution in [-0.4, -0.2) is 16.6 Å². The molecule has 2 heterocycles. The van der Waals surface area contributed by atoms with Gasteiger partial charge >= 0.3 is 0 Å². The number of nitrogens with one attached hydrogen (secondary N) is 1. The van der Waals surface area contributed by atoms with Gasteiger partial charge in [0.15, 0.2) is 4.75 Å². The Balaban J connectivity index is 1.85. The summed E-state index contributed by atoms with van der Waals surface area (Å²) in [6.07, 6.45) is 6.18. The molecule has 1 N–H and O–H groups in total. The van der Waals surface area contributed by atoms with Crippen LogP contribution >= 0.6 is 34.6 Å². The van der Waals surface area contributed by atoms with Crippen LogP contribution in [0.15, 0.2) is 22.8 Å². The largest absolute Gasteiger partial charge is 0.316 e. The van der Waals surface area contributed by atoms with E-state index >= 15 is 0 Å². The lowest BCUT2D eigenvalue weighted by atomic mass is 10.0. The molecule has 0 bridgehead atoms. The Morgan fingerprint density at radius 2 is 2.15 bits per heavy atom. The number of nitrogens with zero attached hydrogens (tertiary/aromatic N) is 2. The summed E-state index contributed by atoms with van der Waals surface area (Å²) in [5.41, 5.74) is 1.14. The van der Waals surface area contributed by atoms with E-state index in [0.29, 0.717) is 10.6 Å². The van der Waals surface area contributed by atoms with E-state index in [-0.39, 0.29) is 0 Å². The van der Waals surface area contributed by atoms with Crippen molar-refractivity contribution in [3.8, 4) is 0 Å². The molecular weight excluding hydrogens is 357 g/mol.